The molecule has 156 valence electrons. The van der Waals surface area contributed by atoms with Crippen LogP contribution in [-0.2, 0) is 14.3 Å². The van der Waals surface area contributed by atoms with E-state index < -0.39 is 4.92 Å². The second-order valence-electron chi connectivity index (χ2n) is 6.48. The molecule has 4 rings (SSSR count). The number of esters is 1. The van der Waals surface area contributed by atoms with Gasteiger partial charge in [-0.2, -0.15) is 5.10 Å². The zero-order chi connectivity index (χ0) is 21.1. The van der Waals surface area contributed by atoms with Crippen molar-refractivity contribution in [2.45, 2.75) is 16.8 Å². The Kier molecular flexibility index (Phi) is 6.26. The topological polar surface area (TPSA) is 96.5 Å². The fourth-order valence-corrected chi connectivity index (χ4v) is 5.20. The predicted molar refractivity (Wildman–Crippen MR) is 116 cm³/mol. The number of carbonyl (C=O) groups excluding carboxylic acids is 1. The third kappa shape index (κ3) is 4.16. The van der Waals surface area contributed by atoms with E-state index in [0.717, 1.165) is 22.5 Å². The molecule has 0 saturated carbocycles. The van der Waals surface area contributed by atoms with Crippen molar-refractivity contribution in [3.8, 4) is 5.69 Å². The first-order chi connectivity index (χ1) is 14.6. The van der Waals surface area contributed by atoms with Crippen LogP contribution in [0, 0.1) is 10.1 Å². The van der Waals surface area contributed by atoms with Crippen LogP contribution in [0.15, 0.2) is 47.4 Å². The van der Waals surface area contributed by atoms with Crippen LogP contribution >= 0.6 is 23.5 Å². The van der Waals surface area contributed by atoms with Gasteiger partial charge in [-0.3, -0.25) is 14.9 Å². The summed E-state index contributed by atoms with van der Waals surface area (Å²) in [7, 11) is 1.34. The number of non-ortho nitro benzene ring substituents is 1. The maximum absolute atomic E-state index is 11.6. The summed E-state index contributed by atoms with van der Waals surface area (Å²) in [6.07, 6.45) is 0.211. The molecule has 1 saturated heterocycles. The summed E-state index contributed by atoms with van der Waals surface area (Å²) >= 11 is 3.04. The number of methoxy groups -OCH3 is 1. The number of carbonyl (C=O) groups is 1. The quantitative estimate of drug-likeness (QED) is 0.229. The van der Waals surface area contributed by atoms with Crippen LogP contribution in [0.1, 0.15) is 17.6 Å². The fraction of sp³-hybridized carbons (Fsp3) is 0.300. The molecule has 2 heterocycles. The van der Waals surface area contributed by atoms with Gasteiger partial charge in [0.1, 0.15) is 11.1 Å². The van der Waals surface area contributed by atoms with Crippen molar-refractivity contribution in [2.75, 3.05) is 25.2 Å². The Morgan fingerprint density at radius 1 is 1.40 bits per heavy atom. The molecule has 1 aliphatic heterocycles. The zero-order valence-electron chi connectivity index (χ0n) is 16.1. The molecule has 0 radical (unpaired) electrons. The highest BCUT2D eigenvalue weighted by molar-refractivity contribution is 8.00. The number of benzene rings is 2. The van der Waals surface area contributed by atoms with Crippen molar-refractivity contribution in [1.29, 1.82) is 0 Å². The third-order valence-electron chi connectivity index (χ3n) is 4.61. The van der Waals surface area contributed by atoms with Crippen molar-refractivity contribution in [3.05, 3.63) is 58.3 Å². The van der Waals surface area contributed by atoms with E-state index >= 15 is 0 Å². The molecule has 3 aromatic rings. The number of hydrogen-bond acceptors (Lipinski definition) is 8. The predicted octanol–water partition coefficient (Wildman–Crippen LogP) is 4.35. The van der Waals surface area contributed by atoms with E-state index in [2.05, 4.69) is 0 Å². The van der Waals surface area contributed by atoms with Gasteiger partial charge in [-0.25, -0.2) is 4.68 Å². The van der Waals surface area contributed by atoms with Crippen molar-refractivity contribution >= 4 is 46.1 Å². The molecule has 1 fully saturated rings. The summed E-state index contributed by atoms with van der Waals surface area (Å²) in [5.74, 6) is 0.985. The molecule has 0 aliphatic carbocycles. The lowest BCUT2D eigenvalue weighted by molar-refractivity contribution is -0.384. The van der Waals surface area contributed by atoms with E-state index in [0.29, 0.717) is 22.8 Å². The molecule has 0 unspecified atom stereocenters. The average molecular weight is 446 g/mol. The average Bonchev–Trinajstić information content (AvgIpc) is 3.42. The van der Waals surface area contributed by atoms with E-state index in [4.69, 9.17) is 14.6 Å². The lowest BCUT2D eigenvalue weighted by Gasteiger charge is -2.09. The van der Waals surface area contributed by atoms with Gasteiger partial charge in [-0.1, -0.05) is 18.2 Å². The molecule has 1 aromatic heterocycles. The Bertz CT molecular complexity index is 1080. The summed E-state index contributed by atoms with van der Waals surface area (Å²) in [6.45, 7) is 0.632. The summed E-state index contributed by atoms with van der Waals surface area (Å²) in [6, 6.07) is 12.6. The van der Waals surface area contributed by atoms with Gasteiger partial charge in [0.05, 0.1) is 36.3 Å². The molecule has 0 N–H and O–H groups in total. The van der Waals surface area contributed by atoms with Gasteiger partial charge in [0.15, 0.2) is 0 Å². The van der Waals surface area contributed by atoms with Crippen LogP contribution in [-0.4, -0.2) is 45.9 Å². The van der Waals surface area contributed by atoms with E-state index in [1.807, 2.05) is 30.3 Å². The molecular formula is C20H19N3O5S2. The number of para-hydroxylation sites is 1. The summed E-state index contributed by atoms with van der Waals surface area (Å²) < 4.78 is 12.3. The zero-order valence-corrected chi connectivity index (χ0v) is 17.8. The Morgan fingerprint density at radius 3 is 2.87 bits per heavy atom. The maximum Gasteiger partial charge on any atom is 0.306 e. The van der Waals surface area contributed by atoms with E-state index in [-0.39, 0.29) is 23.5 Å². The lowest BCUT2D eigenvalue weighted by Crippen LogP contribution is -2.01. The minimum absolute atomic E-state index is 0.0216. The number of nitrogens with zero attached hydrogens (tertiary/aromatic N) is 3. The normalized spacial score (nSPS) is 16.1. The lowest BCUT2D eigenvalue weighted by atomic mass is 10.2. The highest BCUT2D eigenvalue weighted by Crippen LogP contribution is 2.43. The number of rotatable bonds is 7. The number of thioether (sulfide) groups is 2. The molecule has 0 spiro atoms. The highest BCUT2D eigenvalue weighted by Gasteiger charge is 2.28. The monoisotopic (exact) mass is 445 g/mol. The number of aromatic nitrogens is 2. The molecule has 1 aliphatic rings. The molecule has 30 heavy (non-hydrogen) atoms. The van der Waals surface area contributed by atoms with Crippen molar-refractivity contribution in [1.82, 2.24) is 9.78 Å². The van der Waals surface area contributed by atoms with Gasteiger partial charge in [0.2, 0.25) is 0 Å². The van der Waals surface area contributed by atoms with Crippen LogP contribution in [0.4, 0.5) is 5.69 Å². The molecule has 2 aromatic carbocycles. The molecule has 0 amide bonds. The third-order valence-corrected chi connectivity index (χ3v) is 6.71. The Morgan fingerprint density at radius 2 is 2.20 bits per heavy atom. The molecule has 0 bridgehead atoms. The first kappa shape index (κ1) is 20.7. The van der Waals surface area contributed by atoms with E-state index in [9.17, 15) is 14.9 Å². The minimum atomic E-state index is -0.410. The number of fused-ring (bicyclic) bond motifs is 1. The second-order valence-corrected chi connectivity index (χ2v) is 8.78. The van der Waals surface area contributed by atoms with Crippen molar-refractivity contribution in [2.24, 2.45) is 0 Å². The van der Waals surface area contributed by atoms with Crippen LogP contribution in [0.5, 0.6) is 0 Å². The van der Waals surface area contributed by atoms with Gasteiger partial charge in [0, 0.05) is 33.9 Å². The van der Waals surface area contributed by atoms with Gasteiger partial charge >= 0.3 is 5.97 Å². The second kappa shape index (κ2) is 9.07. The Labute approximate surface area is 181 Å². The number of ether oxygens (including phenoxy) is 2. The van der Waals surface area contributed by atoms with Crippen molar-refractivity contribution in [3.63, 3.8) is 0 Å². The van der Waals surface area contributed by atoms with Crippen LogP contribution in [0.3, 0.4) is 0 Å². The van der Waals surface area contributed by atoms with Gasteiger partial charge < -0.3 is 9.47 Å². The first-order valence-electron chi connectivity index (χ1n) is 9.28. The van der Waals surface area contributed by atoms with Crippen LogP contribution < -0.4 is 0 Å². The van der Waals surface area contributed by atoms with Gasteiger partial charge in [-0.15, -0.1) is 23.5 Å². The number of hydrogen-bond donors (Lipinski definition) is 0. The minimum Gasteiger partial charge on any atom is -0.469 e. The van der Waals surface area contributed by atoms with E-state index in [1.165, 1.54) is 18.9 Å². The Hall–Kier alpha value is -2.56. The van der Waals surface area contributed by atoms with Crippen LogP contribution in [0.25, 0.3) is 16.6 Å². The van der Waals surface area contributed by atoms with Gasteiger partial charge in [-0.05, 0) is 12.1 Å². The summed E-state index contributed by atoms with van der Waals surface area (Å²) in [5.41, 5.74) is 1.93. The highest BCUT2D eigenvalue weighted by atomic mass is 32.2. The number of nitro groups is 1. The number of nitro benzene ring substituents is 1. The first-order valence-corrected chi connectivity index (χ1v) is 11.3. The standard InChI is InChI=1S/C20H19N3O5S2/c1-27-17(24)7-9-29-16-12-14(23(25)26)11-15-18(16)19(20-28-8-10-30-20)21-22(15)13-5-3-2-4-6-13/h2-6,11-12,20H,7-10H2,1H3/t20-/m0/s1. The van der Waals surface area contributed by atoms with Crippen LogP contribution in [0.2, 0.25) is 0 Å². The van der Waals surface area contributed by atoms with Gasteiger partial charge in [0.25, 0.3) is 5.69 Å². The van der Waals surface area contributed by atoms with Crippen molar-refractivity contribution < 1.29 is 19.2 Å². The Balaban J connectivity index is 1.88. The fourth-order valence-electron chi connectivity index (χ4n) is 3.24. The summed E-state index contributed by atoms with van der Waals surface area (Å²) in [5, 5.41) is 17.2. The maximum atomic E-state index is 11.6. The SMILES string of the molecule is COC(=O)CCSc1cc([N+](=O)[O-])cc2c1c([C@H]1OCCS1)nn2-c1ccccc1. The molecular weight excluding hydrogens is 426 g/mol. The molecule has 10 heteroatoms. The van der Waals surface area contributed by atoms with E-state index in [1.54, 1.807) is 28.6 Å². The molecule has 8 nitrogen and oxygen atoms in total. The summed E-state index contributed by atoms with van der Waals surface area (Å²) in [4.78, 5) is 23.4. The molecule has 1 atom stereocenters. The smallest absolute Gasteiger partial charge is 0.306 e. The largest absolute Gasteiger partial charge is 0.469 e.